The maximum absolute atomic E-state index is 11.2. The summed E-state index contributed by atoms with van der Waals surface area (Å²) < 4.78 is 5.05. The highest BCUT2D eigenvalue weighted by molar-refractivity contribution is 6.11. The third-order valence-corrected chi connectivity index (χ3v) is 2.74. The number of phenols is 1. The summed E-state index contributed by atoms with van der Waals surface area (Å²) in [5.74, 6) is 0.362. The molecule has 0 aliphatic heterocycles. The predicted molar refractivity (Wildman–Crippen MR) is 75.1 cm³/mol. The molecule has 0 fully saturated rings. The van der Waals surface area contributed by atoms with Gasteiger partial charge in [-0.25, -0.2) is 0 Å². The van der Waals surface area contributed by atoms with E-state index in [2.05, 4.69) is 10.3 Å². The number of rotatable bonds is 5. The molecule has 0 radical (unpaired) electrons. The highest BCUT2D eigenvalue weighted by Crippen LogP contribution is 2.20. The van der Waals surface area contributed by atoms with Gasteiger partial charge in [-0.05, 0) is 26.0 Å². The molecule has 7 nitrogen and oxygen atoms in total. The number of benzene rings is 1. The van der Waals surface area contributed by atoms with E-state index >= 15 is 0 Å². The van der Waals surface area contributed by atoms with E-state index in [-0.39, 0.29) is 12.2 Å². The zero-order chi connectivity index (χ0) is 15.4. The number of carbonyl (C=O) groups excluding carboxylic acids is 1. The summed E-state index contributed by atoms with van der Waals surface area (Å²) in [6.45, 7) is 3.44. The molecule has 1 amide bonds. The number of primary amides is 1. The normalized spacial score (nSPS) is 11.4. The molecule has 0 spiro atoms. The third kappa shape index (κ3) is 3.59. The van der Waals surface area contributed by atoms with Crippen LogP contribution in [-0.4, -0.2) is 21.9 Å². The molecule has 1 aromatic heterocycles. The van der Waals surface area contributed by atoms with Gasteiger partial charge in [0, 0.05) is 6.07 Å². The van der Waals surface area contributed by atoms with Gasteiger partial charge in [0.15, 0.2) is 5.75 Å². The van der Waals surface area contributed by atoms with Crippen molar-refractivity contribution in [3.63, 3.8) is 0 Å². The molecule has 0 bridgehead atoms. The smallest absolute Gasteiger partial charge is 0.223 e. The van der Waals surface area contributed by atoms with Gasteiger partial charge >= 0.3 is 0 Å². The van der Waals surface area contributed by atoms with E-state index in [9.17, 15) is 9.90 Å². The molecule has 110 valence electrons. The van der Waals surface area contributed by atoms with Crippen molar-refractivity contribution < 1.29 is 19.3 Å². The van der Waals surface area contributed by atoms with E-state index in [1.807, 2.05) is 0 Å². The van der Waals surface area contributed by atoms with Crippen LogP contribution in [0.3, 0.4) is 0 Å². The molecular formula is C14H15N3O4. The Hall–Kier alpha value is -2.83. The Morgan fingerprint density at radius 2 is 2.24 bits per heavy atom. The second-order valence-corrected chi connectivity index (χ2v) is 4.47. The van der Waals surface area contributed by atoms with Gasteiger partial charge in [0.05, 0.1) is 17.7 Å². The Morgan fingerprint density at radius 3 is 2.81 bits per heavy atom. The van der Waals surface area contributed by atoms with Gasteiger partial charge < -0.3 is 20.2 Å². The van der Waals surface area contributed by atoms with E-state index in [1.165, 1.54) is 12.1 Å². The number of carbonyl (C=O) groups is 1. The van der Waals surface area contributed by atoms with Crippen molar-refractivity contribution in [1.82, 2.24) is 5.16 Å². The average molecular weight is 289 g/mol. The Bertz CT molecular complexity index is 672. The second kappa shape index (κ2) is 6.08. The Morgan fingerprint density at radius 1 is 1.48 bits per heavy atom. The number of nitrogens with two attached hydrogens (primary N) is 1. The van der Waals surface area contributed by atoms with Crippen LogP contribution in [0, 0.1) is 13.8 Å². The number of aryl methyl sites for hydroxylation is 2. The lowest BCUT2D eigenvalue weighted by atomic mass is 10.1. The van der Waals surface area contributed by atoms with Crippen LogP contribution in [0.15, 0.2) is 33.9 Å². The van der Waals surface area contributed by atoms with Crippen LogP contribution >= 0.6 is 0 Å². The van der Waals surface area contributed by atoms with Crippen LogP contribution < -0.4 is 10.6 Å². The summed E-state index contributed by atoms with van der Waals surface area (Å²) in [6, 6.07) is 6.15. The van der Waals surface area contributed by atoms with Crippen molar-refractivity contribution in [3.05, 3.63) is 41.3 Å². The summed E-state index contributed by atoms with van der Waals surface area (Å²) in [5.41, 5.74) is 6.73. The number of phenolic OH excluding ortho intramolecular Hbond substituents is 1. The van der Waals surface area contributed by atoms with Crippen molar-refractivity contribution in [1.29, 1.82) is 0 Å². The van der Waals surface area contributed by atoms with E-state index in [1.54, 1.807) is 26.0 Å². The summed E-state index contributed by atoms with van der Waals surface area (Å²) >= 11 is 0. The van der Waals surface area contributed by atoms with E-state index in [4.69, 9.17) is 15.1 Å². The maximum atomic E-state index is 11.2. The van der Waals surface area contributed by atoms with Crippen molar-refractivity contribution in [2.75, 3.05) is 0 Å². The molecule has 0 saturated heterocycles. The summed E-state index contributed by atoms with van der Waals surface area (Å²) in [7, 11) is 0. The molecule has 1 heterocycles. The zero-order valence-corrected chi connectivity index (χ0v) is 11.7. The quantitative estimate of drug-likeness (QED) is 0.642. The topological polar surface area (TPSA) is 111 Å². The molecule has 0 unspecified atom stereocenters. The van der Waals surface area contributed by atoms with Crippen LogP contribution in [0.4, 0.5) is 0 Å². The lowest BCUT2D eigenvalue weighted by Crippen LogP contribution is -2.18. The van der Waals surface area contributed by atoms with E-state index < -0.39 is 5.91 Å². The van der Waals surface area contributed by atoms with Gasteiger partial charge in [0.2, 0.25) is 5.91 Å². The standard InChI is InChI=1S/C14H15N3O4/c1-8-14(9(2)20-16-8)12(7-13(15)19)17-21-11-5-3-4-10(18)6-11/h3-6,18H,7H2,1-2H3,(H2,15,19)/b17-12+. The molecule has 7 heteroatoms. The second-order valence-electron chi connectivity index (χ2n) is 4.47. The van der Waals surface area contributed by atoms with Crippen LogP contribution in [0.2, 0.25) is 0 Å². The maximum Gasteiger partial charge on any atom is 0.223 e. The number of amides is 1. The van der Waals surface area contributed by atoms with Crippen molar-refractivity contribution in [3.8, 4) is 11.5 Å². The predicted octanol–water partition coefficient (Wildman–Crippen LogP) is 1.66. The zero-order valence-electron chi connectivity index (χ0n) is 11.7. The first-order valence-corrected chi connectivity index (χ1v) is 6.22. The molecule has 3 N–H and O–H groups in total. The SMILES string of the molecule is Cc1noc(C)c1/C(CC(N)=O)=N/Oc1cccc(O)c1. The lowest BCUT2D eigenvalue weighted by molar-refractivity contribution is -0.116. The van der Waals surface area contributed by atoms with Crippen molar-refractivity contribution >= 4 is 11.6 Å². The molecule has 0 atom stereocenters. The minimum Gasteiger partial charge on any atom is -0.508 e. The largest absolute Gasteiger partial charge is 0.508 e. The number of aromatic nitrogens is 1. The molecular weight excluding hydrogens is 274 g/mol. The Labute approximate surface area is 121 Å². The van der Waals surface area contributed by atoms with Crippen LogP contribution in [0.1, 0.15) is 23.4 Å². The summed E-state index contributed by atoms with van der Waals surface area (Å²) in [6.07, 6.45) is -0.109. The average Bonchev–Trinajstić information content (AvgIpc) is 2.74. The minimum atomic E-state index is -0.548. The first-order valence-electron chi connectivity index (χ1n) is 6.22. The summed E-state index contributed by atoms with van der Waals surface area (Å²) in [4.78, 5) is 16.4. The molecule has 21 heavy (non-hydrogen) atoms. The van der Waals surface area contributed by atoms with Crippen LogP contribution in [0.5, 0.6) is 11.5 Å². The third-order valence-electron chi connectivity index (χ3n) is 2.74. The van der Waals surface area contributed by atoms with Gasteiger partial charge in [-0.3, -0.25) is 4.79 Å². The Balaban J connectivity index is 2.32. The van der Waals surface area contributed by atoms with Gasteiger partial charge in [-0.15, -0.1) is 0 Å². The van der Waals surface area contributed by atoms with Crippen molar-refractivity contribution in [2.24, 2.45) is 10.9 Å². The van der Waals surface area contributed by atoms with Gasteiger partial charge in [-0.1, -0.05) is 16.4 Å². The van der Waals surface area contributed by atoms with Gasteiger partial charge in [-0.2, -0.15) is 0 Å². The van der Waals surface area contributed by atoms with Crippen LogP contribution in [0.25, 0.3) is 0 Å². The fraction of sp³-hybridized carbons (Fsp3) is 0.214. The fourth-order valence-corrected chi connectivity index (χ4v) is 1.87. The molecule has 0 aliphatic rings. The molecule has 2 rings (SSSR count). The summed E-state index contributed by atoms with van der Waals surface area (Å²) in [5, 5.41) is 17.1. The highest BCUT2D eigenvalue weighted by atomic mass is 16.6. The van der Waals surface area contributed by atoms with E-state index in [0.29, 0.717) is 28.5 Å². The monoisotopic (exact) mass is 289 g/mol. The lowest BCUT2D eigenvalue weighted by Gasteiger charge is -2.05. The Kier molecular flexibility index (Phi) is 4.22. The highest BCUT2D eigenvalue weighted by Gasteiger charge is 2.18. The minimum absolute atomic E-state index is 0.0523. The first-order chi connectivity index (χ1) is 9.97. The molecule has 2 aromatic rings. The molecule has 1 aromatic carbocycles. The number of nitrogens with zero attached hydrogens (tertiary/aromatic N) is 2. The van der Waals surface area contributed by atoms with Crippen molar-refractivity contribution in [2.45, 2.75) is 20.3 Å². The van der Waals surface area contributed by atoms with Gasteiger partial charge in [0.1, 0.15) is 17.2 Å². The number of oxime groups is 1. The first kappa shape index (κ1) is 14.6. The van der Waals surface area contributed by atoms with Crippen LogP contribution in [-0.2, 0) is 4.79 Å². The van der Waals surface area contributed by atoms with Gasteiger partial charge in [0.25, 0.3) is 0 Å². The van der Waals surface area contributed by atoms with E-state index in [0.717, 1.165) is 0 Å². The molecule has 0 saturated carbocycles. The number of hydrogen-bond acceptors (Lipinski definition) is 6. The molecule has 0 aliphatic carbocycles. The fourth-order valence-electron chi connectivity index (χ4n) is 1.87. The number of hydrogen-bond donors (Lipinski definition) is 2. The number of aromatic hydroxyl groups is 1.